The molecule has 2 aromatic carbocycles. The summed E-state index contributed by atoms with van der Waals surface area (Å²) in [6.45, 7) is 1.90. The van der Waals surface area contributed by atoms with Crippen molar-refractivity contribution in [3.63, 3.8) is 0 Å². The van der Waals surface area contributed by atoms with Crippen LogP contribution in [-0.4, -0.2) is 25.2 Å². The maximum absolute atomic E-state index is 13.8. The number of halogens is 1. The number of aromatic nitrogens is 4. The Morgan fingerprint density at radius 1 is 1.18 bits per heavy atom. The van der Waals surface area contributed by atoms with E-state index in [1.807, 2.05) is 48.9 Å². The number of nitrogens with zero attached hydrogens (tertiary/aromatic N) is 4. The largest absolute Gasteiger partial charge is 0.311 e. The molecular formula is C21H18FN5O. The number of hydrogen-bond donors (Lipinski definition) is 1. The van der Waals surface area contributed by atoms with Crippen molar-refractivity contribution in [2.45, 2.75) is 19.3 Å². The zero-order chi connectivity index (χ0) is 19.4. The summed E-state index contributed by atoms with van der Waals surface area (Å²) < 4.78 is 17.4. The molecule has 3 heterocycles. The van der Waals surface area contributed by atoms with Crippen molar-refractivity contribution in [2.24, 2.45) is 7.05 Å². The monoisotopic (exact) mass is 375 g/mol. The van der Waals surface area contributed by atoms with Crippen LogP contribution in [0, 0.1) is 12.7 Å². The molecule has 0 aliphatic carbocycles. The topological polar surface area (TPSA) is 64.7 Å². The third kappa shape index (κ3) is 2.43. The molecule has 1 N–H and O–H groups in total. The standard InChI is InChI=1S/C21H18FN5O/c1-12-19-15(13-6-5-7-14(22)10-13)11-18(28)24-20(19)27(25-12)21-23-16-8-3-4-9-17(16)26(21)2/h3-10,15H,11H2,1-2H3,(H,24,28)/t15-/m0/s1. The van der Waals surface area contributed by atoms with Crippen molar-refractivity contribution >= 4 is 22.8 Å². The van der Waals surface area contributed by atoms with Crippen LogP contribution in [0.5, 0.6) is 0 Å². The van der Waals surface area contributed by atoms with Gasteiger partial charge in [0.1, 0.15) is 11.6 Å². The summed E-state index contributed by atoms with van der Waals surface area (Å²) >= 11 is 0. The van der Waals surface area contributed by atoms with E-state index in [2.05, 4.69) is 10.4 Å². The number of fused-ring (bicyclic) bond motifs is 2. The van der Waals surface area contributed by atoms with Crippen LogP contribution >= 0.6 is 0 Å². The van der Waals surface area contributed by atoms with Gasteiger partial charge in [0, 0.05) is 24.9 Å². The Balaban J connectivity index is 1.72. The summed E-state index contributed by atoms with van der Waals surface area (Å²) in [6.07, 6.45) is 0.255. The third-order valence-electron chi connectivity index (χ3n) is 5.31. The second kappa shape index (κ2) is 6.02. The molecule has 28 heavy (non-hydrogen) atoms. The molecule has 0 spiro atoms. The maximum Gasteiger partial charge on any atom is 0.233 e. The zero-order valence-corrected chi connectivity index (χ0v) is 15.5. The van der Waals surface area contributed by atoms with Crippen molar-refractivity contribution in [3.05, 3.63) is 71.2 Å². The van der Waals surface area contributed by atoms with Crippen molar-refractivity contribution in [3.8, 4) is 5.95 Å². The number of nitrogens with one attached hydrogen (secondary N) is 1. The fourth-order valence-corrected chi connectivity index (χ4v) is 4.02. The Morgan fingerprint density at radius 2 is 2.00 bits per heavy atom. The van der Waals surface area contributed by atoms with Crippen LogP contribution in [0.1, 0.15) is 29.2 Å². The van der Waals surface area contributed by atoms with E-state index in [-0.39, 0.29) is 24.1 Å². The minimum atomic E-state index is -0.314. The van der Waals surface area contributed by atoms with Crippen LogP contribution in [0.15, 0.2) is 48.5 Å². The fraction of sp³-hybridized carbons (Fsp3) is 0.190. The van der Waals surface area contributed by atoms with Gasteiger partial charge in [-0.1, -0.05) is 24.3 Å². The minimum absolute atomic E-state index is 0.123. The van der Waals surface area contributed by atoms with Gasteiger partial charge < -0.3 is 9.88 Å². The molecule has 1 atom stereocenters. The number of hydrogen-bond acceptors (Lipinski definition) is 3. The van der Waals surface area contributed by atoms with E-state index in [0.29, 0.717) is 11.8 Å². The van der Waals surface area contributed by atoms with Crippen LogP contribution in [-0.2, 0) is 11.8 Å². The van der Waals surface area contributed by atoms with E-state index in [0.717, 1.165) is 27.9 Å². The Kier molecular flexibility index (Phi) is 3.58. The predicted molar refractivity (Wildman–Crippen MR) is 104 cm³/mol. The Bertz CT molecular complexity index is 1240. The molecule has 140 valence electrons. The summed E-state index contributed by atoms with van der Waals surface area (Å²) in [5.41, 5.74) is 4.28. The maximum atomic E-state index is 13.8. The molecule has 0 unspecified atom stereocenters. The molecule has 0 saturated heterocycles. The van der Waals surface area contributed by atoms with Crippen molar-refractivity contribution < 1.29 is 9.18 Å². The SMILES string of the molecule is Cc1nn(-c2nc3ccccc3n2C)c2c1[C@H](c1cccc(F)c1)CC(=O)N2. The number of imidazole rings is 1. The van der Waals surface area contributed by atoms with Gasteiger partial charge in [0.15, 0.2) is 0 Å². The Morgan fingerprint density at radius 3 is 2.79 bits per heavy atom. The summed E-state index contributed by atoms with van der Waals surface area (Å²) in [7, 11) is 1.92. The highest BCUT2D eigenvalue weighted by atomic mass is 19.1. The molecule has 2 aromatic heterocycles. The lowest BCUT2D eigenvalue weighted by Gasteiger charge is -2.24. The van der Waals surface area contributed by atoms with Crippen LogP contribution in [0.2, 0.25) is 0 Å². The van der Waals surface area contributed by atoms with Gasteiger partial charge in [-0.2, -0.15) is 9.78 Å². The van der Waals surface area contributed by atoms with Crippen LogP contribution in [0.25, 0.3) is 17.0 Å². The molecule has 0 radical (unpaired) electrons. The minimum Gasteiger partial charge on any atom is -0.311 e. The van der Waals surface area contributed by atoms with Gasteiger partial charge in [-0.05, 0) is 36.8 Å². The van der Waals surface area contributed by atoms with E-state index < -0.39 is 0 Å². The average molecular weight is 375 g/mol. The molecule has 0 saturated carbocycles. The highest BCUT2D eigenvalue weighted by molar-refractivity contribution is 5.95. The second-order valence-corrected chi connectivity index (χ2v) is 7.08. The normalized spacial score (nSPS) is 16.2. The lowest BCUT2D eigenvalue weighted by molar-refractivity contribution is -0.116. The molecule has 0 fully saturated rings. The third-order valence-corrected chi connectivity index (χ3v) is 5.31. The molecular weight excluding hydrogens is 357 g/mol. The molecule has 7 heteroatoms. The highest BCUT2D eigenvalue weighted by Crippen LogP contribution is 2.40. The fourth-order valence-electron chi connectivity index (χ4n) is 4.02. The smallest absolute Gasteiger partial charge is 0.233 e. The number of amides is 1. The molecule has 1 aliphatic rings. The van der Waals surface area contributed by atoms with Gasteiger partial charge in [0.25, 0.3) is 0 Å². The van der Waals surface area contributed by atoms with Gasteiger partial charge in [-0.25, -0.2) is 9.37 Å². The van der Waals surface area contributed by atoms with Gasteiger partial charge in [0.05, 0.1) is 16.7 Å². The van der Waals surface area contributed by atoms with E-state index in [1.165, 1.54) is 12.1 Å². The number of aryl methyl sites for hydroxylation is 2. The first kappa shape index (κ1) is 16.7. The quantitative estimate of drug-likeness (QED) is 0.581. The van der Waals surface area contributed by atoms with Gasteiger partial charge in [0.2, 0.25) is 11.9 Å². The molecule has 1 aliphatic heterocycles. The summed E-state index contributed by atoms with van der Waals surface area (Å²) in [4.78, 5) is 17.2. The number of para-hydroxylation sites is 2. The zero-order valence-electron chi connectivity index (χ0n) is 15.5. The Hall–Kier alpha value is -3.48. The van der Waals surface area contributed by atoms with E-state index >= 15 is 0 Å². The van der Waals surface area contributed by atoms with Crippen molar-refractivity contribution in [1.82, 2.24) is 19.3 Å². The molecule has 5 rings (SSSR count). The Labute approximate surface area is 160 Å². The first-order valence-electron chi connectivity index (χ1n) is 9.09. The predicted octanol–water partition coefficient (Wildman–Crippen LogP) is 3.68. The molecule has 4 aromatic rings. The number of anilines is 1. The van der Waals surface area contributed by atoms with Gasteiger partial charge in [-0.3, -0.25) is 4.79 Å². The summed E-state index contributed by atoms with van der Waals surface area (Å²) in [6, 6.07) is 14.2. The molecule has 6 nitrogen and oxygen atoms in total. The van der Waals surface area contributed by atoms with Gasteiger partial charge in [-0.15, -0.1) is 0 Å². The van der Waals surface area contributed by atoms with Crippen LogP contribution in [0.4, 0.5) is 10.2 Å². The first-order chi connectivity index (χ1) is 13.5. The van der Waals surface area contributed by atoms with Crippen molar-refractivity contribution in [1.29, 1.82) is 0 Å². The van der Waals surface area contributed by atoms with Crippen molar-refractivity contribution in [2.75, 3.05) is 5.32 Å². The lowest BCUT2D eigenvalue weighted by Crippen LogP contribution is -2.25. The number of rotatable bonds is 2. The first-order valence-corrected chi connectivity index (χ1v) is 9.09. The lowest BCUT2D eigenvalue weighted by atomic mass is 9.86. The van der Waals surface area contributed by atoms with E-state index in [9.17, 15) is 9.18 Å². The second-order valence-electron chi connectivity index (χ2n) is 7.08. The average Bonchev–Trinajstić information content (AvgIpc) is 3.18. The number of carbonyl (C=O) groups is 1. The van der Waals surface area contributed by atoms with E-state index in [1.54, 1.807) is 10.7 Å². The number of carbonyl (C=O) groups excluding carboxylic acids is 1. The molecule has 1 amide bonds. The molecule has 0 bridgehead atoms. The number of benzene rings is 2. The van der Waals surface area contributed by atoms with Crippen LogP contribution in [0.3, 0.4) is 0 Å². The van der Waals surface area contributed by atoms with Crippen LogP contribution < -0.4 is 5.32 Å². The van der Waals surface area contributed by atoms with E-state index in [4.69, 9.17) is 4.98 Å². The summed E-state index contributed by atoms with van der Waals surface area (Å²) in [5.74, 6) is 0.530. The van der Waals surface area contributed by atoms with Gasteiger partial charge >= 0.3 is 0 Å². The summed E-state index contributed by atoms with van der Waals surface area (Å²) in [5, 5.41) is 7.62. The highest BCUT2D eigenvalue weighted by Gasteiger charge is 2.33.